The molecule has 0 radical (unpaired) electrons. The minimum absolute atomic E-state index is 0.279. The number of fused-ring (bicyclic) bond motifs is 1. The molecule has 1 atom stereocenters. The predicted octanol–water partition coefficient (Wildman–Crippen LogP) is 3.48. The summed E-state index contributed by atoms with van der Waals surface area (Å²) in [5.41, 5.74) is 1.18. The van der Waals surface area contributed by atoms with Gasteiger partial charge in [0.25, 0.3) is 0 Å². The molecule has 2 aliphatic rings. The smallest absolute Gasteiger partial charge is 0.231 e. The maximum Gasteiger partial charge on any atom is 0.231 e. The lowest BCUT2D eigenvalue weighted by Gasteiger charge is -2.28. The SMILES string of the molecule is COc1cc(CN[C@@H](C)C2CCCCC2)cc2c1OCO2. The van der Waals surface area contributed by atoms with Crippen LogP contribution in [-0.4, -0.2) is 19.9 Å². The van der Waals surface area contributed by atoms with Crippen molar-refractivity contribution in [1.29, 1.82) is 0 Å². The van der Waals surface area contributed by atoms with Gasteiger partial charge in [-0.1, -0.05) is 19.3 Å². The molecule has 0 aromatic heterocycles. The Morgan fingerprint density at radius 3 is 2.81 bits per heavy atom. The highest BCUT2D eigenvalue weighted by atomic mass is 16.7. The predicted molar refractivity (Wildman–Crippen MR) is 82.0 cm³/mol. The van der Waals surface area contributed by atoms with E-state index < -0.39 is 0 Å². The summed E-state index contributed by atoms with van der Waals surface area (Å²) in [6, 6.07) is 4.64. The third kappa shape index (κ3) is 3.26. The molecule has 1 saturated carbocycles. The van der Waals surface area contributed by atoms with Gasteiger partial charge in [-0.3, -0.25) is 0 Å². The number of hydrogen-bond acceptors (Lipinski definition) is 4. The first-order chi connectivity index (χ1) is 10.3. The van der Waals surface area contributed by atoms with Crippen LogP contribution in [0.5, 0.6) is 17.2 Å². The molecule has 1 heterocycles. The average Bonchev–Trinajstić information content (AvgIpc) is 3.01. The van der Waals surface area contributed by atoms with Crippen molar-refractivity contribution in [3.05, 3.63) is 17.7 Å². The van der Waals surface area contributed by atoms with Crippen LogP contribution in [0.2, 0.25) is 0 Å². The molecule has 1 aromatic rings. The van der Waals surface area contributed by atoms with Gasteiger partial charge < -0.3 is 19.5 Å². The van der Waals surface area contributed by atoms with Gasteiger partial charge in [-0.25, -0.2) is 0 Å². The molecule has 1 aliphatic heterocycles. The van der Waals surface area contributed by atoms with Crippen LogP contribution in [0, 0.1) is 5.92 Å². The first-order valence-corrected chi connectivity index (χ1v) is 7.98. The lowest BCUT2D eigenvalue weighted by molar-refractivity contribution is 0.171. The average molecular weight is 291 g/mol. The fourth-order valence-corrected chi connectivity index (χ4v) is 3.37. The van der Waals surface area contributed by atoms with Gasteiger partial charge in [0.1, 0.15) is 0 Å². The Morgan fingerprint density at radius 1 is 1.24 bits per heavy atom. The lowest BCUT2D eigenvalue weighted by Crippen LogP contribution is -2.34. The monoisotopic (exact) mass is 291 g/mol. The summed E-state index contributed by atoms with van der Waals surface area (Å²) in [5.74, 6) is 3.08. The van der Waals surface area contributed by atoms with Crippen molar-refractivity contribution in [1.82, 2.24) is 5.32 Å². The van der Waals surface area contributed by atoms with Crippen molar-refractivity contribution in [3.8, 4) is 17.2 Å². The van der Waals surface area contributed by atoms with Crippen LogP contribution in [0.4, 0.5) is 0 Å². The van der Waals surface area contributed by atoms with E-state index in [1.165, 1.54) is 37.7 Å². The van der Waals surface area contributed by atoms with Crippen molar-refractivity contribution < 1.29 is 14.2 Å². The molecule has 0 spiro atoms. The molecule has 116 valence electrons. The molecular formula is C17H25NO3. The highest BCUT2D eigenvalue weighted by molar-refractivity contribution is 5.55. The molecule has 0 amide bonds. The van der Waals surface area contributed by atoms with Crippen LogP contribution in [0.25, 0.3) is 0 Å². The van der Waals surface area contributed by atoms with Crippen molar-refractivity contribution in [2.45, 2.75) is 51.6 Å². The van der Waals surface area contributed by atoms with E-state index in [0.29, 0.717) is 6.04 Å². The van der Waals surface area contributed by atoms with E-state index in [1.54, 1.807) is 7.11 Å². The van der Waals surface area contributed by atoms with Gasteiger partial charge in [0.2, 0.25) is 12.5 Å². The maximum absolute atomic E-state index is 5.47. The molecule has 4 nitrogen and oxygen atoms in total. The summed E-state index contributed by atoms with van der Waals surface area (Å²) in [4.78, 5) is 0. The maximum atomic E-state index is 5.47. The van der Waals surface area contributed by atoms with Crippen molar-refractivity contribution in [2.24, 2.45) is 5.92 Å². The van der Waals surface area contributed by atoms with Gasteiger partial charge in [0, 0.05) is 12.6 Å². The minimum Gasteiger partial charge on any atom is -0.493 e. The topological polar surface area (TPSA) is 39.7 Å². The fourth-order valence-electron chi connectivity index (χ4n) is 3.37. The molecular weight excluding hydrogens is 266 g/mol. The summed E-state index contributed by atoms with van der Waals surface area (Å²) in [7, 11) is 1.67. The standard InChI is InChI=1S/C17H25NO3/c1-12(14-6-4-3-5-7-14)18-10-13-8-15(19-2)17-16(9-13)20-11-21-17/h8-9,12,14,18H,3-7,10-11H2,1-2H3/t12-/m0/s1. The Morgan fingerprint density at radius 2 is 2.05 bits per heavy atom. The molecule has 1 fully saturated rings. The van der Waals surface area contributed by atoms with Crippen LogP contribution in [0.1, 0.15) is 44.6 Å². The van der Waals surface area contributed by atoms with E-state index in [0.717, 1.165) is 29.7 Å². The summed E-state index contributed by atoms with van der Waals surface area (Å²) >= 11 is 0. The summed E-state index contributed by atoms with van der Waals surface area (Å²) < 4.78 is 16.3. The van der Waals surface area contributed by atoms with Gasteiger partial charge in [-0.15, -0.1) is 0 Å². The van der Waals surface area contributed by atoms with E-state index in [9.17, 15) is 0 Å². The fraction of sp³-hybridized carbons (Fsp3) is 0.647. The molecule has 1 aliphatic carbocycles. The van der Waals surface area contributed by atoms with E-state index >= 15 is 0 Å². The van der Waals surface area contributed by atoms with E-state index in [4.69, 9.17) is 14.2 Å². The second kappa shape index (κ2) is 6.56. The van der Waals surface area contributed by atoms with E-state index in [-0.39, 0.29) is 6.79 Å². The number of nitrogens with one attached hydrogen (secondary N) is 1. The zero-order chi connectivity index (χ0) is 14.7. The number of rotatable bonds is 5. The minimum atomic E-state index is 0.279. The third-order valence-corrected chi connectivity index (χ3v) is 4.70. The molecule has 0 saturated heterocycles. The Hall–Kier alpha value is -1.42. The number of ether oxygens (including phenoxy) is 3. The van der Waals surface area contributed by atoms with Crippen LogP contribution in [-0.2, 0) is 6.54 Å². The van der Waals surface area contributed by atoms with Gasteiger partial charge in [0.05, 0.1) is 7.11 Å². The quantitative estimate of drug-likeness (QED) is 0.901. The molecule has 1 N–H and O–H groups in total. The summed E-state index contributed by atoms with van der Waals surface area (Å²) in [6.45, 7) is 3.42. The van der Waals surface area contributed by atoms with Crippen LogP contribution in [0.15, 0.2) is 12.1 Å². The van der Waals surface area contributed by atoms with Crippen LogP contribution in [0.3, 0.4) is 0 Å². The second-order valence-electron chi connectivity index (χ2n) is 6.10. The molecule has 0 bridgehead atoms. The van der Waals surface area contributed by atoms with Crippen molar-refractivity contribution in [3.63, 3.8) is 0 Å². The Balaban J connectivity index is 1.62. The number of hydrogen-bond donors (Lipinski definition) is 1. The molecule has 1 aromatic carbocycles. The molecule has 0 unspecified atom stereocenters. The highest BCUT2D eigenvalue weighted by Gasteiger charge is 2.22. The first kappa shape index (κ1) is 14.5. The number of benzene rings is 1. The van der Waals surface area contributed by atoms with Crippen LogP contribution >= 0.6 is 0 Å². The van der Waals surface area contributed by atoms with Gasteiger partial charge in [0.15, 0.2) is 11.5 Å². The van der Waals surface area contributed by atoms with Crippen LogP contribution < -0.4 is 19.5 Å². The zero-order valence-electron chi connectivity index (χ0n) is 13.0. The Kier molecular flexibility index (Phi) is 4.54. The van der Waals surface area contributed by atoms with Gasteiger partial charge in [-0.2, -0.15) is 0 Å². The summed E-state index contributed by atoms with van der Waals surface area (Å²) in [5, 5.41) is 3.66. The molecule has 3 rings (SSSR count). The second-order valence-corrected chi connectivity index (χ2v) is 6.10. The Labute approximate surface area is 126 Å². The molecule has 4 heteroatoms. The summed E-state index contributed by atoms with van der Waals surface area (Å²) in [6.07, 6.45) is 6.89. The van der Waals surface area contributed by atoms with E-state index in [1.807, 2.05) is 12.1 Å². The number of methoxy groups -OCH3 is 1. The zero-order valence-corrected chi connectivity index (χ0v) is 13.0. The van der Waals surface area contributed by atoms with Gasteiger partial charge >= 0.3 is 0 Å². The normalized spacial score (nSPS) is 19.5. The Bertz CT molecular complexity index is 483. The third-order valence-electron chi connectivity index (χ3n) is 4.70. The molecule has 21 heavy (non-hydrogen) atoms. The van der Waals surface area contributed by atoms with E-state index in [2.05, 4.69) is 12.2 Å². The lowest BCUT2D eigenvalue weighted by atomic mass is 9.84. The first-order valence-electron chi connectivity index (χ1n) is 7.98. The largest absolute Gasteiger partial charge is 0.493 e. The van der Waals surface area contributed by atoms with Gasteiger partial charge in [-0.05, 0) is 43.4 Å². The highest BCUT2D eigenvalue weighted by Crippen LogP contribution is 2.41. The van der Waals surface area contributed by atoms with Crippen molar-refractivity contribution in [2.75, 3.05) is 13.9 Å². The van der Waals surface area contributed by atoms with Crippen molar-refractivity contribution >= 4 is 0 Å².